The molecule has 174 valence electrons. The number of carbonyl (C=O) groups is 2. The van der Waals surface area contributed by atoms with Crippen molar-refractivity contribution in [3.63, 3.8) is 0 Å². The predicted octanol–water partition coefficient (Wildman–Crippen LogP) is 6.75. The summed E-state index contributed by atoms with van der Waals surface area (Å²) in [5, 5.41) is 3.65. The van der Waals surface area contributed by atoms with Crippen molar-refractivity contribution in [1.29, 1.82) is 0 Å². The molecule has 5 nitrogen and oxygen atoms in total. The molecule has 2 heterocycles. The molecule has 35 heavy (non-hydrogen) atoms. The lowest BCUT2D eigenvalue weighted by Gasteiger charge is -2.23. The Morgan fingerprint density at radius 1 is 1.03 bits per heavy atom. The lowest BCUT2D eigenvalue weighted by molar-refractivity contribution is 0.0983. The number of hydrogen-bond acceptors (Lipinski definition) is 4. The van der Waals surface area contributed by atoms with Crippen molar-refractivity contribution in [2.45, 2.75) is 23.4 Å². The molecule has 1 aromatic heterocycles. The molecule has 0 radical (unpaired) electrons. The van der Waals surface area contributed by atoms with E-state index in [1.807, 2.05) is 30.3 Å². The Labute approximate surface area is 211 Å². The number of halogens is 2. The first-order chi connectivity index (χ1) is 16.9. The van der Waals surface area contributed by atoms with Gasteiger partial charge in [-0.05, 0) is 66.6 Å². The molecule has 0 unspecified atom stereocenters. The van der Waals surface area contributed by atoms with E-state index < -0.39 is 11.7 Å². The standard InChI is InChI=1S/C27H19ClFN3O2S/c1-16-8-9-18(29)13-21(16)25(33)31-19-10-11-20(22(28)14-19)27(34)32-15-17-5-2-3-7-24(17)35-26-23(32)6-4-12-30-26/h2-14H,15H2,1H3,(H,31,33). The van der Waals surface area contributed by atoms with E-state index in [1.165, 1.54) is 30.0 Å². The van der Waals surface area contributed by atoms with Crippen LogP contribution >= 0.6 is 23.4 Å². The molecule has 5 rings (SSSR count). The molecule has 1 N–H and O–H groups in total. The van der Waals surface area contributed by atoms with Gasteiger partial charge in [0.15, 0.2) is 0 Å². The van der Waals surface area contributed by atoms with Crippen molar-refractivity contribution in [3.05, 3.63) is 112 Å². The number of fused-ring (bicyclic) bond motifs is 2. The average Bonchev–Trinajstić information content (AvgIpc) is 3.02. The number of aryl methyl sites for hydroxylation is 1. The van der Waals surface area contributed by atoms with E-state index in [9.17, 15) is 14.0 Å². The summed E-state index contributed by atoms with van der Waals surface area (Å²) in [7, 11) is 0. The number of amides is 2. The summed E-state index contributed by atoms with van der Waals surface area (Å²) < 4.78 is 13.6. The maximum absolute atomic E-state index is 13.7. The summed E-state index contributed by atoms with van der Waals surface area (Å²) in [6.45, 7) is 2.10. The predicted molar refractivity (Wildman–Crippen MR) is 136 cm³/mol. The third-order valence-electron chi connectivity index (χ3n) is 5.70. The molecule has 0 fully saturated rings. The summed E-state index contributed by atoms with van der Waals surface area (Å²) in [4.78, 5) is 33.5. The normalized spacial score (nSPS) is 12.4. The van der Waals surface area contributed by atoms with E-state index in [0.717, 1.165) is 15.5 Å². The minimum Gasteiger partial charge on any atom is -0.322 e. The Kier molecular flexibility index (Phi) is 6.28. The Hall–Kier alpha value is -3.68. The molecule has 3 aromatic carbocycles. The van der Waals surface area contributed by atoms with Crippen LogP contribution in [0.2, 0.25) is 5.02 Å². The van der Waals surface area contributed by atoms with Crippen LogP contribution in [0.5, 0.6) is 0 Å². The van der Waals surface area contributed by atoms with Crippen LogP contribution in [-0.2, 0) is 6.54 Å². The van der Waals surface area contributed by atoms with Crippen molar-refractivity contribution < 1.29 is 14.0 Å². The van der Waals surface area contributed by atoms with E-state index in [0.29, 0.717) is 29.0 Å². The van der Waals surface area contributed by atoms with Gasteiger partial charge in [-0.25, -0.2) is 9.37 Å². The Balaban J connectivity index is 1.44. The Morgan fingerprint density at radius 3 is 2.69 bits per heavy atom. The third-order valence-corrected chi connectivity index (χ3v) is 7.14. The number of anilines is 2. The van der Waals surface area contributed by atoms with Gasteiger partial charge in [-0.2, -0.15) is 0 Å². The van der Waals surface area contributed by atoms with Gasteiger partial charge in [0.05, 0.1) is 22.8 Å². The van der Waals surface area contributed by atoms with E-state index in [4.69, 9.17) is 11.6 Å². The number of hydrogen-bond donors (Lipinski definition) is 1. The first-order valence-corrected chi connectivity index (χ1v) is 12.0. The average molecular weight is 504 g/mol. The third kappa shape index (κ3) is 4.65. The van der Waals surface area contributed by atoms with Gasteiger partial charge in [-0.3, -0.25) is 9.59 Å². The smallest absolute Gasteiger partial charge is 0.260 e. The minimum absolute atomic E-state index is 0.194. The minimum atomic E-state index is -0.494. The fourth-order valence-electron chi connectivity index (χ4n) is 3.89. The van der Waals surface area contributed by atoms with Crippen LogP contribution in [0.15, 0.2) is 88.9 Å². The van der Waals surface area contributed by atoms with Gasteiger partial charge in [0.2, 0.25) is 0 Å². The van der Waals surface area contributed by atoms with E-state index in [-0.39, 0.29) is 16.5 Å². The molecule has 0 aliphatic carbocycles. The van der Waals surface area contributed by atoms with E-state index in [2.05, 4.69) is 10.3 Å². The van der Waals surface area contributed by atoms with E-state index in [1.54, 1.807) is 42.3 Å². The summed E-state index contributed by atoms with van der Waals surface area (Å²) in [5.41, 5.74) is 3.28. The van der Waals surface area contributed by atoms with Crippen LogP contribution in [0.25, 0.3) is 0 Å². The van der Waals surface area contributed by atoms with Crippen molar-refractivity contribution in [3.8, 4) is 0 Å². The summed E-state index contributed by atoms with van der Waals surface area (Å²) in [5.74, 6) is -1.23. The Morgan fingerprint density at radius 2 is 1.86 bits per heavy atom. The van der Waals surface area contributed by atoms with Crippen LogP contribution in [-0.4, -0.2) is 16.8 Å². The monoisotopic (exact) mass is 503 g/mol. The zero-order valence-electron chi connectivity index (χ0n) is 18.6. The van der Waals surface area contributed by atoms with Crippen molar-refractivity contribution in [1.82, 2.24) is 4.98 Å². The van der Waals surface area contributed by atoms with Gasteiger partial charge >= 0.3 is 0 Å². The van der Waals surface area contributed by atoms with Crippen LogP contribution in [0, 0.1) is 12.7 Å². The fourth-order valence-corrected chi connectivity index (χ4v) is 5.17. The Bertz CT molecular complexity index is 1480. The first kappa shape index (κ1) is 23.1. The van der Waals surface area contributed by atoms with Crippen LogP contribution < -0.4 is 10.2 Å². The highest BCUT2D eigenvalue weighted by Gasteiger charge is 2.27. The number of rotatable bonds is 3. The highest BCUT2D eigenvalue weighted by atomic mass is 35.5. The van der Waals surface area contributed by atoms with Gasteiger partial charge in [0.1, 0.15) is 10.8 Å². The molecule has 0 saturated heterocycles. The molecule has 1 aliphatic heterocycles. The largest absolute Gasteiger partial charge is 0.322 e. The maximum atomic E-state index is 13.7. The molecular formula is C27H19ClFN3O2S. The van der Waals surface area contributed by atoms with Gasteiger partial charge in [0, 0.05) is 22.3 Å². The highest BCUT2D eigenvalue weighted by Crippen LogP contribution is 2.40. The fraction of sp³-hybridized carbons (Fsp3) is 0.0741. The topological polar surface area (TPSA) is 62.3 Å². The summed E-state index contributed by atoms with van der Waals surface area (Å²) >= 11 is 8.04. The SMILES string of the molecule is Cc1ccc(F)cc1C(=O)Nc1ccc(C(=O)N2Cc3ccccc3Sc3ncccc32)c(Cl)c1. The number of nitrogens with zero attached hydrogens (tertiary/aromatic N) is 2. The van der Waals surface area contributed by atoms with Crippen molar-refractivity contribution >= 4 is 46.6 Å². The first-order valence-electron chi connectivity index (χ1n) is 10.8. The molecule has 0 spiro atoms. The molecule has 2 amide bonds. The lowest BCUT2D eigenvalue weighted by Crippen LogP contribution is -2.30. The number of nitrogens with one attached hydrogen (secondary N) is 1. The number of benzene rings is 3. The van der Waals surface area contributed by atoms with Crippen molar-refractivity contribution in [2.75, 3.05) is 10.2 Å². The molecule has 0 saturated carbocycles. The maximum Gasteiger partial charge on any atom is 0.260 e. The summed E-state index contributed by atoms with van der Waals surface area (Å²) in [6, 6.07) is 20.3. The number of aromatic nitrogens is 1. The quantitative estimate of drug-likeness (QED) is 0.336. The highest BCUT2D eigenvalue weighted by molar-refractivity contribution is 7.99. The number of pyridine rings is 1. The molecule has 4 aromatic rings. The number of carbonyl (C=O) groups excluding carboxylic acids is 2. The van der Waals surface area contributed by atoms with E-state index >= 15 is 0 Å². The zero-order valence-corrected chi connectivity index (χ0v) is 20.2. The zero-order chi connectivity index (χ0) is 24.5. The molecule has 8 heteroatoms. The van der Waals surface area contributed by atoms with Gasteiger partial charge in [-0.15, -0.1) is 0 Å². The van der Waals surface area contributed by atoms with Gasteiger partial charge in [0.25, 0.3) is 11.8 Å². The second-order valence-corrected chi connectivity index (χ2v) is 9.47. The molecule has 0 bridgehead atoms. The van der Waals surface area contributed by atoms with Gasteiger partial charge < -0.3 is 10.2 Å². The second kappa shape index (κ2) is 9.52. The molecule has 1 aliphatic rings. The van der Waals surface area contributed by atoms with Crippen LogP contribution in [0.1, 0.15) is 31.8 Å². The molecular weight excluding hydrogens is 485 g/mol. The lowest BCUT2D eigenvalue weighted by atomic mass is 10.1. The molecule has 0 atom stereocenters. The van der Waals surface area contributed by atoms with Crippen LogP contribution in [0.4, 0.5) is 15.8 Å². The van der Waals surface area contributed by atoms with Crippen molar-refractivity contribution in [2.24, 2.45) is 0 Å². The summed E-state index contributed by atoms with van der Waals surface area (Å²) in [6.07, 6.45) is 1.70. The second-order valence-electron chi connectivity index (χ2n) is 8.04. The van der Waals surface area contributed by atoms with Crippen LogP contribution in [0.3, 0.4) is 0 Å². The van der Waals surface area contributed by atoms with Gasteiger partial charge in [-0.1, -0.05) is 47.6 Å².